The maximum atomic E-state index is 4.47. The van der Waals surface area contributed by atoms with Crippen molar-refractivity contribution in [3.05, 3.63) is 36.3 Å². The van der Waals surface area contributed by atoms with Crippen LogP contribution in [0.2, 0.25) is 0 Å². The van der Waals surface area contributed by atoms with Gasteiger partial charge in [0, 0.05) is 17.3 Å². The molecule has 0 spiro atoms. The molecule has 0 saturated carbocycles. The predicted octanol–water partition coefficient (Wildman–Crippen LogP) is 3.08. The minimum atomic E-state index is 0.869. The molecule has 0 aromatic carbocycles. The second kappa shape index (κ2) is 5.16. The van der Waals surface area contributed by atoms with Crippen molar-refractivity contribution >= 4 is 11.8 Å². The minimum absolute atomic E-state index is 0.869. The van der Waals surface area contributed by atoms with Crippen molar-refractivity contribution in [2.24, 2.45) is 0 Å². The zero-order valence-electron chi connectivity index (χ0n) is 9.55. The third kappa shape index (κ3) is 2.44. The molecule has 2 rings (SSSR count). The second-order valence-electron chi connectivity index (χ2n) is 3.56. The molecule has 4 heteroatoms. The first-order valence-corrected chi connectivity index (χ1v) is 6.40. The summed E-state index contributed by atoms with van der Waals surface area (Å²) in [6.45, 7) is 4.23. The number of thioether (sulfide) groups is 1. The summed E-state index contributed by atoms with van der Waals surface area (Å²) in [6, 6.07) is 5.84. The van der Waals surface area contributed by atoms with Crippen LogP contribution < -0.4 is 0 Å². The monoisotopic (exact) mass is 233 g/mol. The first kappa shape index (κ1) is 11.2. The molecule has 0 bridgehead atoms. The topological polar surface area (TPSA) is 30.7 Å². The van der Waals surface area contributed by atoms with Gasteiger partial charge in [-0.15, -0.1) is 11.8 Å². The van der Waals surface area contributed by atoms with Gasteiger partial charge in [0.15, 0.2) is 5.82 Å². The molecule has 0 aliphatic rings. The summed E-state index contributed by atoms with van der Waals surface area (Å²) in [5, 5.41) is 4.47. The van der Waals surface area contributed by atoms with E-state index in [1.54, 1.807) is 6.20 Å². The molecule has 2 aromatic heterocycles. The van der Waals surface area contributed by atoms with E-state index in [9.17, 15) is 0 Å². The number of rotatable bonds is 4. The van der Waals surface area contributed by atoms with Crippen LogP contribution in [-0.2, 0) is 0 Å². The molecule has 0 radical (unpaired) electrons. The highest BCUT2D eigenvalue weighted by molar-refractivity contribution is 7.99. The fraction of sp³-hybridized carbons (Fsp3) is 0.333. The van der Waals surface area contributed by atoms with Gasteiger partial charge < -0.3 is 0 Å². The Hall–Kier alpha value is -1.29. The Morgan fingerprint density at radius 1 is 1.38 bits per heavy atom. The lowest BCUT2D eigenvalue weighted by molar-refractivity contribution is 0.832. The van der Waals surface area contributed by atoms with Crippen LogP contribution in [0.1, 0.15) is 19.0 Å². The lowest BCUT2D eigenvalue weighted by atomic mass is 10.5. The van der Waals surface area contributed by atoms with E-state index in [2.05, 4.69) is 23.2 Å². The molecule has 0 aliphatic carbocycles. The van der Waals surface area contributed by atoms with E-state index in [0.29, 0.717) is 0 Å². The third-order valence-corrected chi connectivity index (χ3v) is 3.52. The standard InChI is InChI=1S/C12H15N3S/c1-3-8-16-11-9-15(14-10(11)2)12-6-4-5-7-13-12/h4-7,9H,3,8H2,1-2H3. The van der Waals surface area contributed by atoms with Crippen molar-refractivity contribution in [1.82, 2.24) is 14.8 Å². The molecule has 0 N–H and O–H groups in total. The fourth-order valence-electron chi connectivity index (χ4n) is 1.40. The summed E-state index contributed by atoms with van der Waals surface area (Å²) in [6.07, 6.45) is 5.02. The zero-order chi connectivity index (χ0) is 11.4. The van der Waals surface area contributed by atoms with Gasteiger partial charge in [0.1, 0.15) is 0 Å². The van der Waals surface area contributed by atoms with Gasteiger partial charge in [-0.2, -0.15) is 5.10 Å². The highest BCUT2D eigenvalue weighted by atomic mass is 32.2. The summed E-state index contributed by atoms with van der Waals surface area (Å²) >= 11 is 1.85. The molecule has 0 saturated heterocycles. The molecule has 0 aliphatic heterocycles. The molecule has 3 nitrogen and oxygen atoms in total. The van der Waals surface area contributed by atoms with Gasteiger partial charge in [-0.1, -0.05) is 13.0 Å². The van der Waals surface area contributed by atoms with Crippen molar-refractivity contribution in [3.63, 3.8) is 0 Å². The molecule has 2 heterocycles. The van der Waals surface area contributed by atoms with E-state index in [1.165, 1.54) is 11.3 Å². The maximum absolute atomic E-state index is 4.47. The van der Waals surface area contributed by atoms with Crippen LogP contribution in [0.3, 0.4) is 0 Å². The Bertz CT molecular complexity index is 451. The van der Waals surface area contributed by atoms with Crippen LogP contribution in [0.15, 0.2) is 35.5 Å². The Morgan fingerprint density at radius 2 is 2.25 bits per heavy atom. The highest BCUT2D eigenvalue weighted by Gasteiger charge is 2.06. The van der Waals surface area contributed by atoms with Gasteiger partial charge in [0.05, 0.1) is 5.69 Å². The number of pyridine rings is 1. The van der Waals surface area contributed by atoms with Crippen LogP contribution in [-0.4, -0.2) is 20.5 Å². The molecule has 0 atom stereocenters. The largest absolute Gasteiger partial charge is 0.237 e. The second-order valence-corrected chi connectivity index (χ2v) is 4.70. The van der Waals surface area contributed by atoms with Crippen LogP contribution in [0.4, 0.5) is 0 Å². The van der Waals surface area contributed by atoms with E-state index in [4.69, 9.17) is 0 Å². The van der Waals surface area contributed by atoms with Crippen molar-refractivity contribution in [3.8, 4) is 5.82 Å². The molecule has 0 unspecified atom stereocenters. The van der Waals surface area contributed by atoms with E-state index in [-0.39, 0.29) is 0 Å². The van der Waals surface area contributed by atoms with E-state index >= 15 is 0 Å². The summed E-state index contributed by atoms with van der Waals surface area (Å²) in [4.78, 5) is 5.52. The third-order valence-electron chi connectivity index (χ3n) is 2.20. The van der Waals surface area contributed by atoms with E-state index < -0.39 is 0 Å². The Balaban J connectivity index is 2.24. The highest BCUT2D eigenvalue weighted by Crippen LogP contribution is 2.22. The molecule has 2 aromatic rings. The van der Waals surface area contributed by atoms with Gasteiger partial charge in [-0.05, 0) is 31.2 Å². The first-order chi connectivity index (χ1) is 7.81. The average Bonchev–Trinajstić information content (AvgIpc) is 2.69. The van der Waals surface area contributed by atoms with Crippen LogP contribution in [0, 0.1) is 6.92 Å². The quantitative estimate of drug-likeness (QED) is 0.760. The van der Waals surface area contributed by atoms with Gasteiger partial charge in [-0.25, -0.2) is 9.67 Å². The molecular formula is C12H15N3S. The molecular weight excluding hydrogens is 218 g/mol. The minimum Gasteiger partial charge on any atom is -0.237 e. The summed E-state index contributed by atoms with van der Waals surface area (Å²) in [5.41, 5.74) is 1.07. The molecule has 0 fully saturated rings. The summed E-state index contributed by atoms with van der Waals surface area (Å²) in [7, 11) is 0. The Morgan fingerprint density at radius 3 is 2.94 bits per heavy atom. The lowest BCUT2D eigenvalue weighted by Crippen LogP contribution is -1.96. The van der Waals surface area contributed by atoms with Crippen molar-refractivity contribution in [1.29, 1.82) is 0 Å². The van der Waals surface area contributed by atoms with Crippen molar-refractivity contribution < 1.29 is 0 Å². The Kier molecular flexibility index (Phi) is 3.62. The van der Waals surface area contributed by atoms with Crippen LogP contribution >= 0.6 is 11.8 Å². The predicted molar refractivity (Wildman–Crippen MR) is 67.1 cm³/mol. The van der Waals surface area contributed by atoms with Gasteiger partial charge >= 0.3 is 0 Å². The number of aryl methyl sites for hydroxylation is 1. The zero-order valence-corrected chi connectivity index (χ0v) is 10.4. The number of aromatic nitrogens is 3. The first-order valence-electron chi connectivity index (χ1n) is 5.41. The Labute approximate surface area is 99.9 Å². The molecule has 16 heavy (non-hydrogen) atoms. The number of nitrogens with zero attached hydrogens (tertiary/aromatic N) is 3. The molecule has 0 amide bonds. The van der Waals surface area contributed by atoms with Gasteiger partial charge in [-0.3, -0.25) is 0 Å². The smallest absolute Gasteiger partial charge is 0.153 e. The fourth-order valence-corrected chi connectivity index (χ4v) is 2.25. The van der Waals surface area contributed by atoms with Crippen LogP contribution in [0.25, 0.3) is 5.82 Å². The van der Waals surface area contributed by atoms with Gasteiger partial charge in [0.2, 0.25) is 0 Å². The number of hydrogen-bond donors (Lipinski definition) is 0. The van der Waals surface area contributed by atoms with Crippen molar-refractivity contribution in [2.75, 3.05) is 5.75 Å². The summed E-state index contributed by atoms with van der Waals surface area (Å²) < 4.78 is 1.84. The van der Waals surface area contributed by atoms with E-state index in [1.807, 2.05) is 41.6 Å². The lowest BCUT2D eigenvalue weighted by Gasteiger charge is -1.97. The normalized spacial score (nSPS) is 10.6. The van der Waals surface area contributed by atoms with Crippen molar-refractivity contribution in [2.45, 2.75) is 25.2 Å². The molecule has 84 valence electrons. The maximum Gasteiger partial charge on any atom is 0.153 e. The summed E-state index contributed by atoms with van der Waals surface area (Å²) in [5.74, 6) is 2.00. The van der Waals surface area contributed by atoms with Gasteiger partial charge in [0.25, 0.3) is 0 Å². The average molecular weight is 233 g/mol. The van der Waals surface area contributed by atoms with E-state index in [0.717, 1.165) is 17.3 Å². The SMILES string of the molecule is CCCSc1cn(-c2ccccn2)nc1C. The number of hydrogen-bond acceptors (Lipinski definition) is 3. The van der Waals surface area contributed by atoms with Crippen LogP contribution in [0.5, 0.6) is 0 Å².